The number of rotatable bonds is 7. The largest absolute Gasteiger partial charge is 0.338 e. The van der Waals surface area contributed by atoms with Gasteiger partial charge in [-0.3, -0.25) is 4.79 Å². The fourth-order valence-corrected chi connectivity index (χ4v) is 1.95. The first-order chi connectivity index (χ1) is 8.69. The Hall–Kier alpha value is -0.770. The maximum atomic E-state index is 12.0. The van der Waals surface area contributed by atoms with Crippen LogP contribution in [0.1, 0.15) is 31.7 Å². The lowest BCUT2D eigenvalue weighted by molar-refractivity contribution is -0.131. The highest BCUT2D eigenvalue weighted by Crippen LogP contribution is 2.17. The summed E-state index contributed by atoms with van der Waals surface area (Å²) in [5.41, 5.74) is 6.43. The summed E-state index contributed by atoms with van der Waals surface area (Å²) in [5, 5.41) is 0.708. The van der Waals surface area contributed by atoms with E-state index in [4.69, 9.17) is 17.3 Å². The maximum Gasteiger partial charge on any atom is 0.224 e. The van der Waals surface area contributed by atoms with Crippen LogP contribution in [0.4, 0.5) is 0 Å². The van der Waals surface area contributed by atoms with Crippen molar-refractivity contribution in [1.29, 1.82) is 0 Å². The van der Waals surface area contributed by atoms with Gasteiger partial charge in [0.2, 0.25) is 5.91 Å². The molecule has 1 aromatic carbocycles. The van der Waals surface area contributed by atoms with E-state index in [2.05, 4.69) is 6.92 Å². The van der Waals surface area contributed by atoms with E-state index in [1.165, 1.54) is 0 Å². The molecule has 19 heavy (non-hydrogen) atoms. The summed E-state index contributed by atoms with van der Waals surface area (Å²) in [6, 6.07) is 7.63. The molecule has 1 amide bonds. The number of nitrogens with zero attached hydrogens (tertiary/aromatic N) is 1. The first-order valence-electron chi connectivity index (χ1n) is 6.40. The third-order valence-electron chi connectivity index (χ3n) is 2.81. The first kappa shape index (κ1) is 18.2. The van der Waals surface area contributed by atoms with E-state index in [1.54, 1.807) is 0 Å². The van der Waals surface area contributed by atoms with Gasteiger partial charge in [-0.25, -0.2) is 0 Å². The minimum Gasteiger partial charge on any atom is -0.338 e. The summed E-state index contributed by atoms with van der Waals surface area (Å²) >= 11 is 6.12. The van der Waals surface area contributed by atoms with E-state index < -0.39 is 0 Å². The summed E-state index contributed by atoms with van der Waals surface area (Å²) in [5.74, 6) is 0.103. The second kappa shape index (κ2) is 10.1. The predicted octanol–water partition coefficient (Wildman–Crippen LogP) is 3.24. The van der Waals surface area contributed by atoms with Gasteiger partial charge in [0.1, 0.15) is 0 Å². The van der Waals surface area contributed by atoms with E-state index in [1.807, 2.05) is 29.2 Å². The van der Waals surface area contributed by atoms with Crippen LogP contribution in [0, 0.1) is 0 Å². The molecule has 0 saturated heterocycles. The Morgan fingerprint density at radius 3 is 2.63 bits per heavy atom. The number of carbonyl (C=O) groups excluding carboxylic acids is 1. The van der Waals surface area contributed by atoms with Gasteiger partial charge in [-0.1, -0.05) is 43.1 Å². The highest BCUT2D eigenvalue weighted by Gasteiger charge is 2.13. The van der Waals surface area contributed by atoms with Crippen LogP contribution in [0.5, 0.6) is 0 Å². The van der Waals surface area contributed by atoms with Crippen molar-refractivity contribution in [3.8, 4) is 0 Å². The van der Waals surface area contributed by atoms with Crippen molar-refractivity contribution in [3.63, 3.8) is 0 Å². The Labute approximate surface area is 126 Å². The van der Waals surface area contributed by atoms with Crippen molar-refractivity contribution in [2.75, 3.05) is 13.1 Å². The highest BCUT2D eigenvalue weighted by atomic mass is 35.5. The van der Waals surface area contributed by atoms with Gasteiger partial charge in [0, 0.05) is 31.1 Å². The van der Waals surface area contributed by atoms with E-state index in [-0.39, 0.29) is 18.3 Å². The van der Waals surface area contributed by atoms with Crippen molar-refractivity contribution in [3.05, 3.63) is 34.9 Å². The minimum absolute atomic E-state index is 0. The van der Waals surface area contributed by atoms with E-state index in [0.717, 1.165) is 24.9 Å². The number of hydrogen-bond acceptors (Lipinski definition) is 2. The van der Waals surface area contributed by atoms with Gasteiger partial charge in [-0.05, 0) is 18.1 Å². The van der Waals surface area contributed by atoms with Gasteiger partial charge >= 0.3 is 0 Å². The number of unbranched alkanes of at least 4 members (excludes halogenated alkanes) is 1. The second-order valence-electron chi connectivity index (χ2n) is 4.30. The normalized spacial score (nSPS) is 9.84. The molecule has 5 heteroatoms. The zero-order valence-electron chi connectivity index (χ0n) is 11.3. The summed E-state index contributed by atoms with van der Waals surface area (Å²) in [7, 11) is 0. The fourth-order valence-electron chi connectivity index (χ4n) is 1.75. The maximum absolute atomic E-state index is 12.0. The Kier molecular flexibility index (Phi) is 9.66. The molecule has 0 fully saturated rings. The summed E-state index contributed by atoms with van der Waals surface area (Å²) in [6.45, 7) is 3.84. The monoisotopic (exact) mass is 304 g/mol. The zero-order chi connectivity index (χ0) is 13.4. The lowest BCUT2D eigenvalue weighted by atomic mass is 10.2. The second-order valence-corrected chi connectivity index (χ2v) is 4.71. The molecule has 0 aliphatic heterocycles. The Balaban J connectivity index is 0.00000324. The van der Waals surface area contributed by atoms with Crippen LogP contribution in [0.3, 0.4) is 0 Å². The molecule has 0 aliphatic carbocycles. The number of halogens is 2. The van der Waals surface area contributed by atoms with Crippen molar-refractivity contribution in [1.82, 2.24) is 4.90 Å². The molecule has 0 atom stereocenters. The average Bonchev–Trinajstić information content (AvgIpc) is 2.36. The van der Waals surface area contributed by atoms with Crippen molar-refractivity contribution in [2.24, 2.45) is 5.73 Å². The molecule has 108 valence electrons. The van der Waals surface area contributed by atoms with Gasteiger partial charge in [0.05, 0.1) is 0 Å². The molecule has 3 nitrogen and oxygen atoms in total. The molecule has 0 heterocycles. The molecule has 2 N–H and O–H groups in total. The molecular formula is C14H22Cl2N2O. The van der Waals surface area contributed by atoms with Crippen molar-refractivity contribution >= 4 is 29.9 Å². The van der Waals surface area contributed by atoms with E-state index in [9.17, 15) is 4.79 Å². The standard InChI is InChI=1S/C14H21ClN2O.ClH/c1-2-3-10-17(14(18)8-9-16)11-12-6-4-5-7-13(12)15;/h4-7H,2-3,8-11,16H2,1H3;1H. The molecule has 0 bridgehead atoms. The quantitative estimate of drug-likeness (QED) is 0.840. The Morgan fingerprint density at radius 1 is 1.37 bits per heavy atom. The third-order valence-corrected chi connectivity index (χ3v) is 3.18. The molecule has 1 aromatic rings. The first-order valence-corrected chi connectivity index (χ1v) is 6.78. The fraction of sp³-hybridized carbons (Fsp3) is 0.500. The predicted molar refractivity (Wildman–Crippen MR) is 82.7 cm³/mol. The topological polar surface area (TPSA) is 46.3 Å². The summed E-state index contributed by atoms with van der Waals surface area (Å²) < 4.78 is 0. The van der Waals surface area contributed by atoms with Crippen LogP contribution in [0.25, 0.3) is 0 Å². The summed E-state index contributed by atoms with van der Waals surface area (Å²) in [6.07, 6.45) is 2.46. The molecule has 0 unspecified atom stereocenters. The van der Waals surface area contributed by atoms with Crippen LogP contribution in [0.2, 0.25) is 5.02 Å². The molecule has 1 rings (SSSR count). The van der Waals surface area contributed by atoms with Gasteiger partial charge in [-0.15, -0.1) is 12.4 Å². The Morgan fingerprint density at radius 2 is 2.05 bits per heavy atom. The Bertz CT molecular complexity index is 385. The third kappa shape index (κ3) is 6.28. The molecule has 0 spiro atoms. The lowest BCUT2D eigenvalue weighted by Crippen LogP contribution is -2.32. The van der Waals surface area contributed by atoms with Gasteiger partial charge < -0.3 is 10.6 Å². The highest BCUT2D eigenvalue weighted by molar-refractivity contribution is 6.31. The molecule has 0 radical (unpaired) electrons. The van der Waals surface area contributed by atoms with Crippen LogP contribution >= 0.6 is 24.0 Å². The molecule has 0 aliphatic rings. The number of amides is 1. The van der Waals surface area contributed by atoms with Crippen LogP contribution in [0.15, 0.2) is 24.3 Å². The zero-order valence-corrected chi connectivity index (χ0v) is 12.8. The van der Waals surface area contributed by atoms with Gasteiger partial charge in [0.25, 0.3) is 0 Å². The molecule has 0 aromatic heterocycles. The number of hydrogen-bond donors (Lipinski definition) is 1. The van der Waals surface area contributed by atoms with E-state index in [0.29, 0.717) is 24.5 Å². The molecule has 0 saturated carbocycles. The number of benzene rings is 1. The van der Waals surface area contributed by atoms with Crippen molar-refractivity contribution in [2.45, 2.75) is 32.7 Å². The number of nitrogens with two attached hydrogens (primary N) is 1. The van der Waals surface area contributed by atoms with Gasteiger partial charge in [-0.2, -0.15) is 0 Å². The van der Waals surface area contributed by atoms with Crippen LogP contribution in [-0.4, -0.2) is 23.9 Å². The smallest absolute Gasteiger partial charge is 0.224 e. The number of carbonyl (C=O) groups is 1. The van der Waals surface area contributed by atoms with Gasteiger partial charge in [0.15, 0.2) is 0 Å². The SMILES string of the molecule is CCCCN(Cc1ccccc1Cl)C(=O)CCN.Cl. The molecular weight excluding hydrogens is 283 g/mol. The van der Waals surface area contributed by atoms with Crippen molar-refractivity contribution < 1.29 is 4.79 Å². The minimum atomic E-state index is 0. The van der Waals surface area contributed by atoms with Crippen LogP contribution < -0.4 is 5.73 Å². The average molecular weight is 305 g/mol. The van der Waals surface area contributed by atoms with E-state index >= 15 is 0 Å². The van der Waals surface area contributed by atoms with Crippen LogP contribution in [-0.2, 0) is 11.3 Å². The lowest BCUT2D eigenvalue weighted by Gasteiger charge is -2.23. The summed E-state index contributed by atoms with van der Waals surface area (Å²) in [4.78, 5) is 13.8.